The molecule has 0 aliphatic heterocycles. The largest absolute Gasteiger partial charge is 0.462 e. The molecule has 0 spiro atoms. The summed E-state index contributed by atoms with van der Waals surface area (Å²) in [6, 6.07) is 0. The Morgan fingerprint density at radius 2 is 0.506 bits per heavy atom. The van der Waals surface area contributed by atoms with E-state index in [1.54, 1.807) is 0 Å². The molecule has 0 saturated carbocycles. The van der Waals surface area contributed by atoms with E-state index in [0.29, 0.717) is 19.3 Å². The lowest BCUT2D eigenvalue weighted by molar-refractivity contribution is -0.167. The molecule has 0 aliphatic carbocycles. The molecule has 0 aromatic heterocycles. The van der Waals surface area contributed by atoms with E-state index >= 15 is 0 Å². The van der Waals surface area contributed by atoms with Crippen molar-refractivity contribution in [3.63, 3.8) is 0 Å². The predicted octanol–water partition coefficient (Wildman–Crippen LogP) is 22.2. The zero-order valence-corrected chi connectivity index (χ0v) is 50.4. The van der Waals surface area contributed by atoms with Gasteiger partial charge in [0.25, 0.3) is 0 Å². The van der Waals surface area contributed by atoms with Crippen LogP contribution in [0.1, 0.15) is 303 Å². The highest BCUT2D eigenvalue weighted by Crippen LogP contribution is 2.16. The molecule has 440 valence electrons. The van der Waals surface area contributed by atoms with Crippen molar-refractivity contribution in [1.29, 1.82) is 0 Å². The Labute approximate surface area is 476 Å². The van der Waals surface area contributed by atoms with Crippen LogP contribution in [-0.2, 0) is 28.6 Å². The molecule has 0 radical (unpaired) electrons. The van der Waals surface area contributed by atoms with Gasteiger partial charge in [0, 0.05) is 19.3 Å². The molecule has 6 nitrogen and oxygen atoms in total. The molecular weight excluding hydrogens is 949 g/mol. The SMILES string of the molecule is CC/C=C\C/C=C\C/C=C\C/C=C\CCCCCCCCCCCCC(=O)OCC(COC(=O)CCCC/C=C\C/C=C\C/C=C\C/C=C\CC)OC(=O)CCCCCCCCCCC/C=C\CCCCCCCCCC. The van der Waals surface area contributed by atoms with Gasteiger partial charge in [0.2, 0.25) is 0 Å². The molecule has 0 saturated heterocycles. The van der Waals surface area contributed by atoms with Crippen LogP contribution in [0.25, 0.3) is 0 Å². The average molecular weight is 1070 g/mol. The molecular formula is C71H120O6. The van der Waals surface area contributed by atoms with Crippen molar-refractivity contribution in [2.24, 2.45) is 0 Å². The Kier molecular flexibility index (Phi) is 61.3. The number of carbonyl (C=O) groups excluding carboxylic acids is 3. The Bertz CT molecular complexity index is 1560. The summed E-state index contributed by atoms with van der Waals surface area (Å²) >= 11 is 0. The Morgan fingerprint density at radius 3 is 0.831 bits per heavy atom. The normalized spacial score (nSPS) is 12.8. The van der Waals surface area contributed by atoms with Gasteiger partial charge in [-0.2, -0.15) is 0 Å². The first-order valence-electron chi connectivity index (χ1n) is 32.4. The second-order valence-corrected chi connectivity index (χ2v) is 21.3. The third-order valence-corrected chi connectivity index (χ3v) is 13.7. The van der Waals surface area contributed by atoms with Crippen LogP contribution in [0.2, 0.25) is 0 Å². The van der Waals surface area contributed by atoms with Crippen LogP contribution in [0.4, 0.5) is 0 Å². The van der Waals surface area contributed by atoms with E-state index in [1.165, 1.54) is 154 Å². The van der Waals surface area contributed by atoms with E-state index in [1.807, 2.05) is 0 Å². The third-order valence-electron chi connectivity index (χ3n) is 13.7. The second-order valence-electron chi connectivity index (χ2n) is 21.3. The van der Waals surface area contributed by atoms with Crippen LogP contribution in [0.5, 0.6) is 0 Å². The minimum absolute atomic E-state index is 0.0945. The first-order valence-corrected chi connectivity index (χ1v) is 32.4. The van der Waals surface area contributed by atoms with Gasteiger partial charge in [-0.3, -0.25) is 14.4 Å². The quantitative estimate of drug-likeness (QED) is 0.0261. The number of unbranched alkanes of at least 4 members (excludes halogenated alkanes) is 29. The predicted molar refractivity (Wildman–Crippen MR) is 334 cm³/mol. The van der Waals surface area contributed by atoms with E-state index < -0.39 is 6.10 Å². The summed E-state index contributed by atoms with van der Waals surface area (Å²) in [5.41, 5.74) is 0. The molecule has 77 heavy (non-hydrogen) atoms. The van der Waals surface area contributed by atoms with E-state index in [0.717, 1.165) is 109 Å². The molecule has 0 heterocycles. The fourth-order valence-electron chi connectivity index (χ4n) is 8.95. The lowest BCUT2D eigenvalue weighted by atomic mass is 10.0. The molecule has 0 aromatic rings. The minimum Gasteiger partial charge on any atom is -0.462 e. The number of esters is 3. The van der Waals surface area contributed by atoms with Crippen molar-refractivity contribution >= 4 is 17.9 Å². The molecule has 0 bridgehead atoms. The fraction of sp³-hybridized carbons (Fsp3) is 0.704. The number of carbonyl (C=O) groups is 3. The summed E-state index contributed by atoms with van der Waals surface area (Å²) in [6.07, 6.45) is 88.1. The molecule has 0 N–H and O–H groups in total. The number of hydrogen-bond acceptors (Lipinski definition) is 6. The standard InChI is InChI=1S/C71H120O6/c1-4-7-10-13-16-19-22-25-28-30-32-34-35-37-38-40-43-46-49-52-55-58-61-64-70(73)76-67-68(66-75-69(72)63-60-57-54-51-48-45-42-27-24-21-18-15-12-9-6-3)77-71(74)65-62-59-56-53-50-47-44-41-39-36-33-31-29-26-23-20-17-14-11-8-5-2/h7,9-10,12,16,18-19,21,25,27-28,31-34,42,48,51,68H,4-6,8,11,13-15,17,20,22-24,26,29-30,35-41,43-47,49-50,52-67H2,1-3H3/b10-7-,12-9-,19-16-,21-18-,28-25-,33-31-,34-32-,42-27-,51-48-. The van der Waals surface area contributed by atoms with E-state index in [4.69, 9.17) is 14.2 Å². The van der Waals surface area contributed by atoms with Crippen molar-refractivity contribution in [1.82, 2.24) is 0 Å². The van der Waals surface area contributed by atoms with Crippen LogP contribution in [0.15, 0.2) is 109 Å². The zero-order chi connectivity index (χ0) is 55.7. The molecule has 0 rings (SSSR count). The summed E-state index contributed by atoms with van der Waals surface area (Å²) in [7, 11) is 0. The summed E-state index contributed by atoms with van der Waals surface area (Å²) in [5.74, 6) is -0.935. The van der Waals surface area contributed by atoms with Crippen molar-refractivity contribution < 1.29 is 28.6 Å². The van der Waals surface area contributed by atoms with Crippen LogP contribution in [0, 0.1) is 0 Å². The number of allylic oxidation sites excluding steroid dienone is 18. The van der Waals surface area contributed by atoms with Gasteiger partial charge in [0.05, 0.1) is 0 Å². The van der Waals surface area contributed by atoms with Gasteiger partial charge in [0.1, 0.15) is 13.2 Å². The number of rotatable bonds is 58. The monoisotopic (exact) mass is 1070 g/mol. The van der Waals surface area contributed by atoms with Gasteiger partial charge in [-0.15, -0.1) is 0 Å². The van der Waals surface area contributed by atoms with Gasteiger partial charge in [0.15, 0.2) is 6.10 Å². The Balaban J connectivity index is 4.40. The van der Waals surface area contributed by atoms with Crippen molar-refractivity contribution in [3.05, 3.63) is 109 Å². The number of hydrogen-bond donors (Lipinski definition) is 0. The maximum Gasteiger partial charge on any atom is 0.306 e. The summed E-state index contributed by atoms with van der Waals surface area (Å²) in [6.45, 7) is 6.40. The topological polar surface area (TPSA) is 78.9 Å². The van der Waals surface area contributed by atoms with E-state index in [9.17, 15) is 14.4 Å². The first kappa shape index (κ1) is 73.1. The number of ether oxygens (including phenoxy) is 3. The van der Waals surface area contributed by atoms with Crippen LogP contribution >= 0.6 is 0 Å². The molecule has 0 fully saturated rings. The Hall–Kier alpha value is -3.93. The molecule has 0 aliphatic rings. The lowest BCUT2D eigenvalue weighted by Crippen LogP contribution is -2.30. The lowest BCUT2D eigenvalue weighted by Gasteiger charge is -2.18. The highest BCUT2D eigenvalue weighted by Gasteiger charge is 2.19. The summed E-state index contributed by atoms with van der Waals surface area (Å²) < 4.78 is 16.9. The summed E-state index contributed by atoms with van der Waals surface area (Å²) in [5, 5.41) is 0. The van der Waals surface area contributed by atoms with Crippen molar-refractivity contribution in [2.75, 3.05) is 13.2 Å². The molecule has 1 unspecified atom stereocenters. The maximum atomic E-state index is 12.9. The highest BCUT2D eigenvalue weighted by atomic mass is 16.6. The van der Waals surface area contributed by atoms with Gasteiger partial charge in [-0.25, -0.2) is 0 Å². The van der Waals surface area contributed by atoms with Crippen LogP contribution in [-0.4, -0.2) is 37.2 Å². The Morgan fingerprint density at radius 1 is 0.273 bits per heavy atom. The van der Waals surface area contributed by atoms with Gasteiger partial charge >= 0.3 is 17.9 Å². The van der Waals surface area contributed by atoms with Crippen LogP contribution < -0.4 is 0 Å². The first-order chi connectivity index (χ1) is 38.0. The average Bonchev–Trinajstić information content (AvgIpc) is 3.43. The van der Waals surface area contributed by atoms with Gasteiger partial charge < -0.3 is 14.2 Å². The van der Waals surface area contributed by atoms with Gasteiger partial charge in [-0.05, 0) is 122 Å². The molecule has 0 aromatic carbocycles. The fourth-order valence-corrected chi connectivity index (χ4v) is 8.95. The van der Waals surface area contributed by atoms with Crippen molar-refractivity contribution in [3.8, 4) is 0 Å². The second kappa shape index (κ2) is 64.6. The van der Waals surface area contributed by atoms with E-state index in [2.05, 4.69) is 130 Å². The zero-order valence-electron chi connectivity index (χ0n) is 50.4. The molecule has 6 heteroatoms. The van der Waals surface area contributed by atoms with Crippen LogP contribution in [0.3, 0.4) is 0 Å². The molecule has 0 amide bonds. The minimum atomic E-state index is -0.801. The smallest absolute Gasteiger partial charge is 0.306 e. The molecule has 1 atom stereocenters. The van der Waals surface area contributed by atoms with E-state index in [-0.39, 0.29) is 31.1 Å². The third kappa shape index (κ3) is 62.8. The maximum absolute atomic E-state index is 12.9. The van der Waals surface area contributed by atoms with Gasteiger partial charge in [-0.1, -0.05) is 271 Å². The highest BCUT2D eigenvalue weighted by molar-refractivity contribution is 5.71. The van der Waals surface area contributed by atoms with Crippen molar-refractivity contribution in [2.45, 2.75) is 309 Å². The summed E-state index contributed by atoms with van der Waals surface area (Å²) in [4.78, 5) is 38.3.